The van der Waals surface area contributed by atoms with E-state index in [9.17, 15) is 19.8 Å². The topological polar surface area (TPSA) is 202 Å². The molecule has 2 amide bonds. The molecule has 0 aliphatic rings. The second-order valence-corrected chi connectivity index (χ2v) is 9.90. The molecule has 8 N–H and O–H groups in total. The zero-order valence-corrected chi connectivity index (χ0v) is 20.0. The molecule has 0 fully saturated rings. The summed E-state index contributed by atoms with van der Waals surface area (Å²) < 4.78 is 0. The van der Waals surface area contributed by atoms with Crippen molar-refractivity contribution >= 4 is 56.5 Å². The lowest BCUT2D eigenvalue weighted by Crippen LogP contribution is -2.43. The molecule has 15 heteroatoms. The summed E-state index contributed by atoms with van der Waals surface area (Å²) in [6.07, 6.45) is 1.77. The van der Waals surface area contributed by atoms with Crippen LogP contribution in [0.25, 0.3) is 0 Å². The molecule has 0 radical (unpaired) electrons. The Bertz CT molecular complexity index is 933. The smallest absolute Gasteiger partial charge is 0.250 e. The van der Waals surface area contributed by atoms with Gasteiger partial charge in [-0.15, -0.1) is 20.4 Å². The third-order valence-corrected chi connectivity index (χ3v) is 6.82. The molecule has 0 bridgehead atoms. The predicted octanol–water partition coefficient (Wildman–Crippen LogP) is 0.282. The number of aromatic nitrogens is 4. The Morgan fingerprint density at radius 1 is 1.03 bits per heavy atom. The van der Waals surface area contributed by atoms with E-state index in [1.165, 1.54) is 35.7 Å². The molecule has 3 atom stereocenters. The third-order valence-electron chi connectivity index (χ3n) is 4.03. The number of nitrogens with zero attached hydrogens (tertiary/aromatic N) is 4. The maximum Gasteiger partial charge on any atom is 0.250 e. The minimum atomic E-state index is -1.15. The van der Waals surface area contributed by atoms with Gasteiger partial charge in [-0.05, 0) is 31.4 Å². The highest BCUT2D eigenvalue weighted by Gasteiger charge is 2.20. The maximum absolute atomic E-state index is 11.9. The number of hydrogen-bond donors (Lipinski definition) is 6. The van der Waals surface area contributed by atoms with Crippen LogP contribution in [0.5, 0.6) is 0 Å². The molecule has 0 saturated heterocycles. The molecule has 0 aromatic carbocycles. The van der Waals surface area contributed by atoms with Crippen molar-refractivity contribution < 1.29 is 19.8 Å². The molecule has 0 spiro atoms. The van der Waals surface area contributed by atoms with Crippen molar-refractivity contribution in [2.24, 2.45) is 11.5 Å². The number of aliphatic hydroxyl groups is 2. The van der Waals surface area contributed by atoms with Gasteiger partial charge in [0.25, 0.3) is 5.91 Å². The summed E-state index contributed by atoms with van der Waals surface area (Å²) in [7, 11) is 0. The van der Waals surface area contributed by atoms with Crippen molar-refractivity contribution in [1.82, 2.24) is 20.4 Å². The first kappa shape index (κ1) is 26.1. The number of carbonyl (C=O) groups excluding carboxylic acids is 2. The fraction of sp³-hybridized carbons (Fsp3) is 0.529. The molecule has 176 valence electrons. The van der Waals surface area contributed by atoms with E-state index < -0.39 is 30.0 Å². The number of amides is 2. The normalized spacial score (nSPS) is 14.6. The minimum Gasteiger partial charge on any atom is -0.510 e. The van der Waals surface area contributed by atoms with Crippen molar-refractivity contribution in [2.75, 3.05) is 22.1 Å². The van der Waals surface area contributed by atoms with Crippen molar-refractivity contribution in [3.05, 3.63) is 21.9 Å². The van der Waals surface area contributed by atoms with Crippen LogP contribution >= 0.6 is 34.4 Å². The summed E-state index contributed by atoms with van der Waals surface area (Å²) in [4.78, 5) is 23.7. The monoisotopic (exact) mass is 502 g/mol. The van der Waals surface area contributed by atoms with Crippen LogP contribution in [0.15, 0.2) is 11.8 Å². The van der Waals surface area contributed by atoms with Gasteiger partial charge in [0.2, 0.25) is 16.2 Å². The van der Waals surface area contributed by atoms with E-state index in [-0.39, 0.29) is 5.76 Å². The maximum atomic E-state index is 11.9. The summed E-state index contributed by atoms with van der Waals surface area (Å²) in [6.45, 7) is 3.03. The summed E-state index contributed by atoms with van der Waals surface area (Å²) in [6, 6.07) is -2.17. The minimum absolute atomic E-state index is 0.211. The Hall–Kier alpha value is -2.17. The van der Waals surface area contributed by atoms with Crippen LogP contribution in [0.4, 0.5) is 10.3 Å². The van der Waals surface area contributed by atoms with E-state index in [4.69, 9.17) is 11.5 Å². The van der Waals surface area contributed by atoms with Gasteiger partial charge in [0.1, 0.15) is 27.9 Å². The van der Waals surface area contributed by atoms with Gasteiger partial charge in [-0.3, -0.25) is 20.2 Å². The summed E-state index contributed by atoms with van der Waals surface area (Å²) in [5.74, 6) is 0.322. The highest BCUT2D eigenvalue weighted by Crippen LogP contribution is 2.20. The van der Waals surface area contributed by atoms with Crippen molar-refractivity contribution in [3.8, 4) is 0 Å². The first-order valence-electron chi connectivity index (χ1n) is 9.59. The Kier molecular flexibility index (Phi) is 10.4. The molecule has 2 heterocycles. The zero-order chi connectivity index (χ0) is 23.7. The van der Waals surface area contributed by atoms with Crippen molar-refractivity contribution in [1.29, 1.82) is 0 Å². The number of aliphatic hydroxyl groups excluding tert-OH is 2. The quantitative estimate of drug-likeness (QED) is 0.172. The van der Waals surface area contributed by atoms with E-state index in [1.54, 1.807) is 18.7 Å². The van der Waals surface area contributed by atoms with Crippen LogP contribution in [-0.4, -0.2) is 72.1 Å². The molecule has 12 nitrogen and oxygen atoms in total. The lowest BCUT2D eigenvalue weighted by atomic mass is 10.2. The average Bonchev–Trinajstić information content (AvgIpc) is 3.40. The largest absolute Gasteiger partial charge is 0.510 e. The van der Waals surface area contributed by atoms with Gasteiger partial charge in [0.05, 0.1) is 6.10 Å². The molecule has 0 saturated carbocycles. The Morgan fingerprint density at radius 3 is 2.00 bits per heavy atom. The second-order valence-electron chi connectivity index (χ2n) is 6.55. The first-order chi connectivity index (χ1) is 15.2. The van der Waals surface area contributed by atoms with Crippen LogP contribution in [0.1, 0.15) is 23.9 Å². The number of thioether (sulfide) groups is 1. The van der Waals surface area contributed by atoms with Gasteiger partial charge in [-0.1, -0.05) is 22.7 Å². The molecule has 2 aromatic rings. The predicted molar refractivity (Wildman–Crippen MR) is 126 cm³/mol. The number of hydrogen-bond acceptors (Lipinski definition) is 13. The van der Waals surface area contributed by atoms with Crippen LogP contribution in [0.2, 0.25) is 0 Å². The summed E-state index contributed by atoms with van der Waals surface area (Å²) in [5.41, 5.74) is 11.2. The number of nitrogens with two attached hydrogens (primary N) is 2. The van der Waals surface area contributed by atoms with E-state index in [1.807, 2.05) is 0 Å². The second kappa shape index (κ2) is 12.8. The summed E-state index contributed by atoms with van der Waals surface area (Å²) >= 11 is 4.21. The van der Waals surface area contributed by atoms with Crippen LogP contribution in [0, 0.1) is 0 Å². The number of nitrogens with one attached hydrogen (secondary N) is 2. The SMILES string of the molecule is CC=C(O)[C@H](N)C(=O)Nc1nnc(CCSCCc2nnc(NC(=O)[C@@H](N)[C@@H](C)O)s2)s1. The molecule has 32 heavy (non-hydrogen) atoms. The Morgan fingerprint density at radius 2 is 1.53 bits per heavy atom. The molecule has 2 rings (SSSR count). The lowest BCUT2D eigenvalue weighted by Gasteiger charge is -2.12. The molecular weight excluding hydrogens is 476 g/mol. The van der Waals surface area contributed by atoms with Crippen molar-refractivity contribution in [2.45, 2.75) is 44.9 Å². The van der Waals surface area contributed by atoms with E-state index in [0.29, 0.717) is 23.1 Å². The van der Waals surface area contributed by atoms with E-state index in [0.717, 1.165) is 21.5 Å². The summed E-state index contributed by atoms with van der Waals surface area (Å²) in [5, 5.41) is 42.1. The standard InChI is InChI=1S/C17H26N8O4S3/c1-3-9(27)13(19)15(29)21-17-25-23-11(32-17)5-7-30-6-4-10-22-24-16(31-10)20-14(28)12(18)8(2)26/h3,8,12-13,26-27H,4-7,18-19H2,1-2H3,(H,20,24,28)(H,21,25,29)/t8-,12+,13+/m1/s1. The van der Waals surface area contributed by atoms with Crippen molar-refractivity contribution in [3.63, 3.8) is 0 Å². The molecular formula is C17H26N8O4S3. The fourth-order valence-corrected chi connectivity index (χ4v) is 4.76. The van der Waals surface area contributed by atoms with E-state index in [2.05, 4.69) is 31.0 Å². The highest BCUT2D eigenvalue weighted by molar-refractivity contribution is 7.99. The highest BCUT2D eigenvalue weighted by atomic mass is 32.2. The number of carbonyl (C=O) groups is 2. The first-order valence-corrected chi connectivity index (χ1v) is 12.4. The van der Waals surface area contributed by atoms with Gasteiger partial charge >= 0.3 is 0 Å². The Labute approximate surface area is 196 Å². The van der Waals surface area contributed by atoms with Crippen LogP contribution in [-0.2, 0) is 22.4 Å². The van der Waals surface area contributed by atoms with Gasteiger partial charge < -0.3 is 21.7 Å². The molecule has 0 aliphatic carbocycles. The van der Waals surface area contributed by atoms with Gasteiger partial charge in [-0.2, -0.15) is 11.8 Å². The number of aryl methyl sites for hydroxylation is 2. The lowest BCUT2D eigenvalue weighted by molar-refractivity contribution is -0.119. The zero-order valence-electron chi connectivity index (χ0n) is 17.5. The van der Waals surface area contributed by atoms with Crippen LogP contribution in [0.3, 0.4) is 0 Å². The van der Waals surface area contributed by atoms with Gasteiger partial charge in [0.15, 0.2) is 0 Å². The number of anilines is 2. The van der Waals surface area contributed by atoms with Gasteiger partial charge in [0, 0.05) is 12.8 Å². The molecule has 2 aromatic heterocycles. The average molecular weight is 503 g/mol. The molecule has 0 aliphatic heterocycles. The molecule has 0 unspecified atom stereocenters. The Balaban J connectivity index is 1.68. The fourth-order valence-electron chi connectivity index (χ4n) is 2.14. The van der Waals surface area contributed by atoms with Crippen LogP contribution < -0.4 is 22.1 Å². The van der Waals surface area contributed by atoms with Gasteiger partial charge in [-0.25, -0.2) is 0 Å². The number of allylic oxidation sites excluding steroid dienone is 1. The third kappa shape index (κ3) is 8.07. The number of rotatable bonds is 12. The van der Waals surface area contributed by atoms with E-state index >= 15 is 0 Å².